The molecule has 0 spiro atoms. The van der Waals surface area contributed by atoms with Gasteiger partial charge in [0.05, 0.1) is 31.4 Å². The highest BCUT2D eigenvalue weighted by molar-refractivity contribution is 6.46. The molecule has 2 fully saturated rings. The van der Waals surface area contributed by atoms with E-state index in [0.717, 1.165) is 25.1 Å². The lowest BCUT2D eigenvalue weighted by Gasteiger charge is -2.31. The average Bonchev–Trinajstić information content (AvgIpc) is 3.12. The van der Waals surface area contributed by atoms with E-state index in [9.17, 15) is 14.7 Å². The third kappa shape index (κ3) is 5.27. The number of morpholine rings is 1. The van der Waals surface area contributed by atoms with E-state index < -0.39 is 17.7 Å². The van der Waals surface area contributed by atoms with Gasteiger partial charge in [0.1, 0.15) is 11.5 Å². The van der Waals surface area contributed by atoms with Crippen LogP contribution in [0.1, 0.15) is 30.5 Å². The minimum absolute atomic E-state index is 0.0801. The zero-order chi connectivity index (χ0) is 24.1. The Hall–Kier alpha value is -2.87. The van der Waals surface area contributed by atoms with Gasteiger partial charge in [-0.2, -0.15) is 0 Å². The van der Waals surface area contributed by atoms with Crippen molar-refractivity contribution in [2.75, 3.05) is 46.0 Å². The first-order valence-electron chi connectivity index (χ1n) is 11.6. The smallest absolute Gasteiger partial charge is 0.295 e. The average molecular weight is 485 g/mol. The molecule has 0 aliphatic carbocycles. The van der Waals surface area contributed by atoms with Crippen molar-refractivity contribution in [2.24, 2.45) is 0 Å². The molecule has 34 heavy (non-hydrogen) atoms. The number of halogens is 1. The minimum atomic E-state index is -0.700. The van der Waals surface area contributed by atoms with Crippen molar-refractivity contribution in [3.63, 3.8) is 0 Å². The highest BCUT2D eigenvalue weighted by Crippen LogP contribution is 2.39. The van der Waals surface area contributed by atoms with Crippen molar-refractivity contribution in [1.29, 1.82) is 0 Å². The van der Waals surface area contributed by atoms with Gasteiger partial charge >= 0.3 is 0 Å². The van der Waals surface area contributed by atoms with Gasteiger partial charge in [-0.15, -0.1) is 0 Å². The van der Waals surface area contributed by atoms with Gasteiger partial charge in [-0.3, -0.25) is 14.5 Å². The number of ketones is 1. The van der Waals surface area contributed by atoms with E-state index in [1.54, 1.807) is 53.4 Å². The van der Waals surface area contributed by atoms with Gasteiger partial charge in [0.2, 0.25) is 0 Å². The van der Waals surface area contributed by atoms with Crippen molar-refractivity contribution in [1.82, 2.24) is 9.80 Å². The number of hydrogen-bond acceptors (Lipinski definition) is 6. The number of carbonyl (C=O) groups excluding carboxylic acids is 2. The van der Waals surface area contributed by atoms with Crippen molar-refractivity contribution in [2.45, 2.75) is 19.4 Å². The van der Waals surface area contributed by atoms with Gasteiger partial charge in [0.15, 0.2) is 0 Å². The van der Waals surface area contributed by atoms with Crippen LogP contribution in [0.2, 0.25) is 5.02 Å². The molecule has 0 aromatic heterocycles. The molecule has 2 aliphatic rings. The maximum atomic E-state index is 13.1. The Bertz CT molecular complexity index is 1050. The van der Waals surface area contributed by atoms with Crippen LogP contribution in [-0.4, -0.2) is 72.6 Å². The summed E-state index contributed by atoms with van der Waals surface area (Å²) in [6, 6.07) is 13.2. The molecule has 0 saturated carbocycles. The van der Waals surface area contributed by atoms with E-state index in [1.807, 2.05) is 6.92 Å². The van der Waals surface area contributed by atoms with Gasteiger partial charge in [-0.05, 0) is 48.4 Å². The summed E-state index contributed by atoms with van der Waals surface area (Å²) in [5.74, 6) is -0.823. The van der Waals surface area contributed by atoms with Crippen LogP contribution in [0.3, 0.4) is 0 Å². The van der Waals surface area contributed by atoms with Gasteiger partial charge in [0.25, 0.3) is 11.7 Å². The second kappa shape index (κ2) is 11.0. The standard InChI is InChI=1S/C26H29ClN2O5/c1-2-15-34-21-9-5-19(6-10-21)24(30)22-23(18-3-7-20(27)8-4-18)29(26(32)25(22)31)12-11-28-13-16-33-17-14-28/h3-10,23,30H,2,11-17H2,1H3/t23-/m0/s1. The van der Waals surface area contributed by atoms with Crippen molar-refractivity contribution < 1.29 is 24.2 Å². The fraction of sp³-hybridized carbons (Fsp3) is 0.385. The van der Waals surface area contributed by atoms with Crippen molar-refractivity contribution >= 4 is 29.1 Å². The highest BCUT2D eigenvalue weighted by Gasteiger charge is 2.46. The molecule has 1 atom stereocenters. The first-order valence-corrected chi connectivity index (χ1v) is 11.9. The van der Waals surface area contributed by atoms with Gasteiger partial charge in [-0.25, -0.2) is 0 Å². The lowest BCUT2D eigenvalue weighted by Crippen LogP contribution is -2.42. The quantitative estimate of drug-likeness (QED) is 0.348. The number of hydrogen-bond donors (Lipinski definition) is 1. The number of rotatable bonds is 8. The van der Waals surface area contributed by atoms with Crippen molar-refractivity contribution in [3.05, 3.63) is 70.3 Å². The number of aliphatic hydroxyl groups is 1. The Morgan fingerprint density at radius 1 is 1.06 bits per heavy atom. The molecular weight excluding hydrogens is 456 g/mol. The van der Waals surface area contributed by atoms with E-state index in [1.165, 1.54) is 0 Å². The topological polar surface area (TPSA) is 79.3 Å². The maximum Gasteiger partial charge on any atom is 0.295 e. The third-order valence-electron chi connectivity index (χ3n) is 6.09. The zero-order valence-electron chi connectivity index (χ0n) is 19.2. The Morgan fingerprint density at radius 2 is 1.74 bits per heavy atom. The summed E-state index contributed by atoms with van der Waals surface area (Å²) in [5, 5.41) is 11.7. The molecule has 0 bridgehead atoms. The predicted octanol–water partition coefficient (Wildman–Crippen LogP) is 3.88. The molecule has 2 aliphatic heterocycles. The van der Waals surface area contributed by atoms with Crippen LogP contribution < -0.4 is 4.74 Å². The predicted molar refractivity (Wildman–Crippen MR) is 130 cm³/mol. The molecule has 2 saturated heterocycles. The summed E-state index contributed by atoms with van der Waals surface area (Å²) < 4.78 is 11.0. The van der Waals surface area contributed by atoms with Gasteiger partial charge < -0.3 is 19.5 Å². The lowest BCUT2D eigenvalue weighted by molar-refractivity contribution is -0.140. The molecule has 2 aromatic rings. The number of Topliss-reactive ketones (excluding diaryl/α,β-unsaturated/α-hetero) is 1. The summed E-state index contributed by atoms with van der Waals surface area (Å²) in [5.41, 5.74) is 1.25. The fourth-order valence-corrected chi connectivity index (χ4v) is 4.39. The minimum Gasteiger partial charge on any atom is -0.507 e. The highest BCUT2D eigenvalue weighted by atomic mass is 35.5. The molecular formula is C26H29ClN2O5. The van der Waals surface area contributed by atoms with Crippen LogP contribution in [0.4, 0.5) is 0 Å². The monoisotopic (exact) mass is 484 g/mol. The van der Waals surface area contributed by atoms with Crippen LogP contribution in [0.25, 0.3) is 5.76 Å². The Labute approximate surface area is 204 Å². The fourth-order valence-electron chi connectivity index (χ4n) is 4.26. The van der Waals surface area contributed by atoms with Crippen LogP contribution in [-0.2, 0) is 14.3 Å². The second-order valence-corrected chi connectivity index (χ2v) is 8.81. The summed E-state index contributed by atoms with van der Waals surface area (Å²) in [4.78, 5) is 30.0. The molecule has 7 nitrogen and oxygen atoms in total. The molecule has 2 heterocycles. The first kappa shape index (κ1) is 24.3. The molecule has 0 unspecified atom stereocenters. The summed E-state index contributed by atoms with van der Waals surface area (Å²) in [6.45, 7) is 6.45. The number of carbonyl (C=O) groups is 2. The molecule has 1 N–H and O–H groups in total. The van der Waals surface area contributed by atoms with Gasteiger partial charge in [-0.1, -0.05) is 30.7 Å². The largest absolute Gasteiger partial charge is 0.507 e. The maximum absolute atomic E-state index is 13.1. The van der Waals surface area contributed by atoms with E-state index in [-0.39, 0.29) is 11.3 Å². The molecule has 0 radical (unpaired) electrons. The summed E-state index contributed by atoms with van der Waals surface area (Å²) in [7, 11) is 0. The van der Waals surface area contributed by atoms with Gasteiger partial charge in [0, 0.05) is 36.8 Å². The molecule has 8 heteroatoms. The first-order chi connectivity index (χ1) is 16.5. The van der Waals surface area contributed by atoms with Crippen LogP contribution in [0.5, 0.6) is 5.75 Å². The summed E-state index contributed by atoms with van der Waals surface area (Å²) >= 11 is 6.08. The molecule has 180 valence electrons. The van der Waals surface area contributed by atoms with E-state index in [2.05, 4.69) is 4.90 Å². The molecule has 1 amide bonds. The molecule has 4 rings (SSSR count). The Balaban J connectivity index is 1.67. The number of amides is 1. The van der Waals surface area contributed by atoms with Crippen LogP contribution >= 0.6 is 11.6 Å². The Kier molecular flexibility index (Phi) is 7.88. The molecule has 2 aromatic carbocycles. The van der Waals surface area contributed by atoms with Crippen LogP contribution in [0, 0.1) is 0 Å². The third-order valence-corrected chi connectivity index (χ3v) is 6.34. The second-order valence-electron chi connectivity index (χ2n) is 8.37. The lowest BCUT2D eigenvalue weighted by atomic mass is 9.95. The number of aliphatic hydroxyl groups excluding tert-OH is 1. The normalized spacial score (nSPS) is 20.6. The van der Waals surface area contributed by atoms with E-state index in [0.29, 0.717) is 49.2 Å². The van der Waals surface area contributed by atoms with E-state index in [4.69, 9.17) is 21.1 Å². The number of nitrogens with zero attached hydrogens (tertiary/aromatic N) is 2. The van der Waals surface area contributed by atoms with Crippen LogP contribution in [0.15, 0.2) is 54.1 Å². The number of likely N-dealkylation sites (tertiary alicyclic amines) is 1. The SMILES string of the molecule is CCCOc1ccc(C(O)=C2C(=O)C(=O)N(CCN3CCOCC3)[C@H]2c2ccc(Cl)cc2)cc1. The Morgan fingerprint density at radius 3 is 2.38 bits per heavy atom. The van der Waals surface area contributed by atoms with E-state index >= 15 is 0 Å². The number of benzene rings is 2. The number of ether oxygens (including phenoxy) is 2. The summed E-state index contributed by atoms with van der Waals surface area (Å²) in [6.07, 6.45) is 0.886. The van der Waals surface area contributed by atoms with Crippen molar-refractivity contribution in [3.8, 4) is 5.75 Å². The zero-order valence-corrected chi connectivity index (χ0v) is 20.0.